The van der Waals surface area contributed by atoms with Gasteiger partial charge in [-0.05, 0) is 31.1 Å². The van der Waals surface area contributed by atoms with Gasteiger partial charge in [-0.15, -0.1) is 0 Å². The maximum absolute atomic E-state index is 12.2. The van der Waals surface area contributed by atoms with Crippen LogP contribution in [0.4, 0.5) is 5.69 Å². The number of nitrogens with two attached hydrogens (primary N) is 1. The van der Waals surface area contributed by atoms with Crippen LogP contribution >= 0.6 is 0 Å². The molecule has 18 heavy (non-hydrogen) atoms. The molecule has 0 bridgehead atoms. The molecular formula is C13H22N4O. The number of nitrogens with zero attached hydrogens (tertiary/aromatic N) is 2. The number of aromatic nitrogens is 2. The van der Waals surface area contributed by atoms with Gasteiger partial charge in [-0.3, -0.25) is 9.48 Å². The van der Waals surface area contributed by atoms with E-state index in [9.17, 15) is 4.79 Å². The maximum atomic E-state index is 12.2. The van der Waals surface area contributed by atoms with E-state index in [0.29, 0.717) is 29.3 Å². The molecule has 100 valence electrons. The van der Waals surface area contributed by atoms with Crippen molar-refractivity contribution in [1.29, 1.82) is 0 Å². The van der Waals surface area contributed by atoms with Crippen LogP contribution < -0.4 is 11.1 Å². The molecule has 0 unspecified atom stereocenters. The second-order valence-corrected chi connectivity index (χ2v) is 5.46. The normalized spacial score (nSPS) is 16.9. The van der Waals surface area contributed by atoms with Gasteiger partial charge < -0.3 is 11.1 Å². The second kappa shape index (κ2) is 4.63. The monoisotopic (exact) mass is 250 g/mol. The van der Waals surface area contributed by atoms with Crippen molar-refractivity contribution in [2.45, 2.75) is 40.2 Å². The lowest BCUT2D eigenvalue weighted by atomic mass is 9.92. The first-order valence-corrected chi connectivity index (χ1v) is 6.59. The summed E-state index contributed by atoms with van der Waals surface area (Å²) in [5.41, 5.74) is 7.03. The van der Waals surface area contributed by atoms with Crippen molar-refractivity contribution >= 4 is 11.6 Å². The average Bonchev–Trinajstić information content (AvgIpc) is 3.04. The number of rotatable bonds is 5. The van der Waals surface area contributed by atoms with Gasteiger partial charge in [0.2, 0.25) is 0 Å². The Morgan fingerprint density at radius 1 is 1.61 bits per heavy atom. The first-order chi connectivity index (χ1) is 8.50. The van der Waals surface area contributed by atoms with Crippen LogP contribution in [0, 0.1) is 11.3 Å². The summed E-state index contributed by atoms with van der Waals surface area (Å²) in [6, 6.07) is 0. The van der Waals surface area contributed by atoms with Gasteiger partial charge in [0.15, 0.2) is 0 Å². The summed E-state index contributed by atoms with van der Waals surface area (Å²) < 4.78 is 1.64. The number of carbonyl (C=O) groups is 1. The minimum absolute atomic E-state index is 0.112. The lowest BCUT2D eigenvalue weighted by molar-refractivity contribution is 0.0930. The lowest BCUT2D eigenvalue weighted by Gasteiger charge is -2.20. The quantitative estimate of drug-likeness (QED) is 0.834. The Bertz CT molecular complexity index is 446. The molecule has 1 aliphatic rings. The Morgan fingerprint density at radius 2 is 2.28 bits per heavy atom. The van der Waals surface area contributed by atoms with Crippen molar-refractivity contribution in [2.24, 2.45) is 11.3 Å². The third-order valence-electron chi connectivity index (χ3n) is 4.10. The van der Waals surface area contributed by atoms with E-state index in [2.05, 4.69) is 24.3 Å². The van der Waals surface area contributed by atoms with E-state index >= 15 is 0 Å². The fourth-order valence-electron chi connectivity index (χ4n) is 2.35. The molecule has 1 saturated carbocycles. The minimum Gasteiger partial charge on any atom is -0.396 e. The molecule has 3 N–H and O–H groups in total. The van der Waals surface area contributed by atoms with Crippen LogP contribution in [0.2, 0.25) is 0 Å². The maximum Gasteiger partial charge on any atom is 0.271 e. The SMILES string of the molecule is CCn1ncc(N)c1C(=O)NCC1(C(C)C)CC1. The van der Waals surface area contributed by atoms with Gasteiger partial charge >= 0.3 is 0 Å². The summed E-state index contributed by atoms with van der Waals surface area (Å²) in [5, 5.41) is 7.09. The highest BCUT2D eigenvalue weighted by Gasteiger charge is 2.45. The third-order valence-corrected chi connectivity index (χ3v) is 4.10. The van der Waals surface area contributed by atoms with Crippen LogP contribution in [-0.2, 0) is 6.54 Å². The number of amides is 1. The van der Waals surface area contributed by atoms with E-state index in [-0.39, 0.29) is 5.91 Å². The van der Waals surface area contributed by atoms with Gasteiger partial charge in [0.1, 0.15) is 5.69 Å². The molecule has 1 amide bonds. The lowest BCUT2D eigenvalue weighted by Crippen LogP contribution is -2.34. The van der Waals surface area contributed by atoms with Crippen molar-refractivity contribution in [3.05, 3.63) is 11.9 Å². The number of nitrogen functional groups attached to an aromatic ring is 1. The minimum atomic E-state index is -0.112. The Balaban J connectivity index is 2.02. The number of hydrogen-bond acceptors (Lipinski definition) is 3. The molecule has 0 radical (unpaired) electrons. The van der Waals surface area contributed by atoms with Gasteiger partial charge in [0, 0.05) is 13.1 Å². The zero-order valence-corrected chi connectivity index (χ0v) is 11.4. The topological polar surface area (TPSA) is 72.9 Å². The Hall–Kier alpha value is -1.52. The molecule has 0 atom stereocenters. The first kappa shape index (κ1) is 12.9. The van der Waals surface area contributed by atoms with Crippen molar-refractivity contribution in [3.63, 3.8) is 0 Å². The molecule has 0 saturated heterocycles. The number of carbonyl (C=O) groups excluding carboxylic acids is 1. The van der Waals surface area contributed by atoms with Crippen molar-refractivity contribution in [1.82, 2.24) is 15.1 Å². The Morgan fingerprint density at radius 3 is 2.78 bits per heavy atom. The van der Waals surface area contributed by atoms with E-state index in [1.54, 1.807) is 4.68 Å². The molecule has 2 rings (SSSR count). The fraction of sp³-hybridized carbons (Fsp3) is 0.692. The summed E-state index contributed by atoms with van der Waals surface area (Å²) in [5.74, 6) is 0.491. The van der Waals surface area contributed by atoms with Crippen LogP contribution in [0.3, 0.4) is 0 Å². The van der Waals surface area contributed by atoms with Crippen molar-refractivity contribution in [3.8, 4) is 0 Å². The van der Waals surface area contributed by atoms with E-state index < -0.39 is 0 Å². The van der Waals surface area contributed by atoms with Crippen molar-refractivity contribution < 1.29 is 4.79 Å². The highest BCUT2D eigenvalue weighted by molar-refractivity contribution is 5.97. The summed E-state index contributed by atoms with van der Waals surface area (Å²) >= 11 is 0. The highest BCUT2D eigenvalue weighted by atomic mass is 16.2. The van der Waals surface area contributed by atoms with Gasteiger partial charge in [-0.25, -0.2) is 0 Å². The predicted molar refractivity (Wildman–Crippen MR) is 71.2 cm³/mol. The molecule has 0 aromatic carbocycles. The number of aryl methyl sites for hydroxylation is 1. The van der Waals surface area contributed by atoms with E-state index in [1.165, 1.54) is 19.0 Å². The molecule has 1 aromatic heterocycles. The summed E-state index contributed by atoms with van der Waals surface area (Å²) in [7, 11) is 0. The number of hydrogen-bond donors (Lipinski definition) is 2. The molecule has 1 aliphatic carbocycles. The van der Waals surface area contributed by atoms with Gasteiger partial charge in [0.25, 0.3) is 5.91 Å². The van der Waals surface area contributed by atoms with Crippen LogP contribution in [0.5, 0.6) is 0 Å². The van der Waals surface area contributed by atoms with Crippen LogP contribution in [0.1, 0.15) is 44.1 Å². The number of nitrogens with one attached hydrogen (secondary N) is 1. The molecule has 5 nitrogen and oxygen atoms in total. The Labute approximate surface area is 108 Å². The molecular weight excluding hydrogens is 228 g/mol. The molecule has 1 aromatic rings. The fourth-order valence-corrected chi connectivity index (χ4v) is 2.35. The Kier molecular flexibility index (Phi) is 3.32. The van der Waals surface area contributed by atoms with Gasteiger partial charge in [-0.1, -0.05) is 13.8 Å². The molecule has 5 heteroatoms. The summed E-state index contributed by atoms with van der Waals surface area (Å²) in [6.07, 6.45) is 3.94. The highest BCUT2D eigenvalue weighted by Crippen LogP contribution is 2.51. The average molecular weight is 250 g/mol. The smallest absolute Gasteiger partial charge is 0.271 e. The van der Waals surface area contributed by atoms with Crippen LogP contribution in [-0.4, -0.2) is 22.2 Å². The first-order valence-electron chi connectivity index (χ1n) is 6.59. The standard InChI is InChI=1S/C13H22N4O/c1-4-17-11(10(14)7-16-17)12(18)15-8-13(5-6-13)9(2)3/h7,9H,4-6,8,14H2,1-3H3,(H,15,18). The zero-order valence-electron chi connectivity index (χ0n) is 11.4. The zero-order chi connectivity index (χ0) is 13.3. The predicted octanol–water partition coefficient (Wildman–Crippen LogP) is 1.65. The second-order valence-electron chi connectivity index (χ2n) is 5.46. The van der Waals surface area contributed by atoms with Crippen molar-refractivity contribution in [2.75, 3.05) is 12.3 Å². The third kappa shape index (κ3) is 2.21. The largest absolute Gasteiger partial charge is 0.396 e. The van der Waals surface area contributed by atoms with E-state index in [4.69, 9.17) is 5.73 Å². The van der Waals surface area contributed by atoms with Crippen LogP contribution in [0.25, 0.3) is 0 Å². The summed E-state index contributed by atoms with van der Waals surface area (Å²) in [6.45, 7) is 7.75. The van der Waals surface area contributed by atoms with E-state index in [0.717, 1.165) is 6.54 Å². The van der Waals surface area contributed by atoms with Gasteiger partial charge in [0.05, 0.1) is 11.9 Å². The molecule has 1 heterocycles. The van der Waals surface area contributed by atoms with Crippen LogP contribution in [0.15, 0.2) is 6.20 Å². The van der Waals surface area contributed by atoms with E-state index in [1.807, 2.05) is 6.92 Å². The molecule has 0 spiro atoms. The molecule has 0 aliphatic heterocycles. The number of anilines is 1. The molecule has 1 fully saturated rings. The summed E-state index contributed by atoms with van der Waals surface area (Å²) in [4.78, 5) is 12.2. The van der Waals surface area contributed by atoms with Gasteiger partial charge in [-0.2, -0.15) is 5.10 Å².